The maximum atomic E-state index is 12.3. The number of carbonyl (C=O) groups excluding carboxylic acids is 5. The molecule has 0 aliphatic carbocycles. The summed E-state index contributed by atoms with van der Waals surface area (Å²) in [5.74, 6) is -2.48. The lowest BCUT2D eigenvalue weighted by Crippen LogP contribution is -2.28. The fraction of sp³-hybridized carbons (Fsp3) is 0.320. The molecule has 0 saturated carbocycles. The highest BCUT2D eigenvalue weighted by Crippen LogP contribution is 2.31. The largest absolute Gasteiger partial charge is 0.496 e. The van der Waals surface area contributed by atoms with Crippen molar-refractivity contribution in [1.82, 2.24) is 0 Å². The molecule has 3 rings (SSSR count). The molecule has 0 spiro atoms. The van der Waals surface area contributed by atoms with Crippen molar-refractivity contribution >= 4 is 40.9 Å². The Kier molecular flexibility index (Phi) is 9.14. The van der Waals surface area contributed by atoms with E-state index in [-0.39, 0.29) is 23.6 Å². The molecule has 36 heavy (non-hydrogen) atoms. The fourth-order valence-electron chi connectivity index (χ4n) is 3.08. The van der Waals surface area contributed by atoms with Gasteiger partial charge < -0.3 is 24.3 Å². The predicted octanol–water partition coefficient (Wildman–Crippen LogP) is 3.62. The Labute approximate surface area is 208 Å². The van der Waals surface area contributed by atoms with Gasteiger partial charge in [0.05, 0.1) is 43.3 Å². The maximum absolute atomic E-state index is 12.3. The van der Waals surface area contributed by atoms with E-state index in [0.717, 1.165) is 0 Å². The summed E-state index contributed by atoms with van der Waals surface area (Å²) in [6, 6.07) is 9.59. The predicted molar refractivity (Wildman–Crippen MR) is 130 cm³/mol. The minimum Gasteiger partial charge on any atom is -0.496 e. The highest BCUT2D eigenvalue weighted by molar-refractivity contribution is 6.52. The molecule has 1 aliphatic heterocycles. The molecule has 1 aliphatic rings. The van der Waals surface area contributed by atoms with E-state index in [1.807, 2.05) is 0 Å². The number of hydrogen-bond acceptors (Lipinski definition) is 9. The fourth-order valence-corrected chi connectivity index (χ4v) is 3.08. The first-order chi connectivity index (χ1) is 16.9. The topological polar surface area (TPSA) is 146 Å². The maximum Gasteiger partial charge on any atom is 0.412 e. The number of amides is 2. The third-order valence-electron chi connectivity index (χ3n) is 4.50. The third kappa shape index (κ3) is 6.81. The van der Waals surface area contributed by atoms with Crippen molar-refractivity contribution in [2.24, 2.45) is 0 Å². The van der Waals surface area contributed by atoms with Crippen molar-refractivity contribution in [1.29, 1.82) is 0 Å². The molecule has 2 N–H and O–H groups in total. The van der Waals surface area contributed by atoms with Crippen molar-refractivity contribution < 1.29 is 42.9 Å². The van der Waals surface area contributed by atoms with E-state index in [9.17, 15) is 24.0 Å². The molecule has 0 fully saturated rings. The molecule has 0 bridgehead atoms. The lowest BCUT2D eigenvalue weighted by Gasteiger charge is -2.20. The molecule has 2 aromatic rings. The van der Waals surface area contributed by atoms with Crippen molar-refractivity contribution in [2.75, 3.05) is 31.5 Å². The van der Waals surface area contributed by atoms with Gasteiger partial charge in [-0.3, -0.25) is 19.7 Å². The molecule has 11 nitrogen and oxygen atoms in total. The molecule has 0 atom stereocenters. The molecule has 2 amide bonds. The van der Waals surface area contributed by atoms with Crippen LogP contribution in [0, 0.1) is 0 Å². The lowest BCUT2D eigenvalue weighted by molar-refractivity contribution is -0.137. The molecular formula is C25H28N2O9. The van der Waals surface area contributed by atoms with Crippen LogP contribution in [0.3, 0.4) is 0 Å². The van der Waals surface area contributed by atoms with Crippen LogP contribution in [0.1, 0.15) is 48.4 Å². The molecule has 1 heterocycles. The van der Waals surface area contributed by atoms with Crippen LogP contribution in [0.15, 0.2) is 36.4 Å². The van der Waals surface area contributed by atoms with E-state index in [0.29, 0.717) is 17.0 Å². The van der Waals surface area contributed by atoms with Gasteiger partial charge in [0.1, 0.15) is 17.1 Å². The second-order valence-electron chi connectivity index (χ2n) is 8.23. The Hall–Kier alpha value is -4.41. The van der Waals surface area contributed by atoms with E-state index in [1.165, 1.54) is 26.4 Å². The van der Waals surface area contributed by atoms with Crippen LogP contribution in [0.25, 0.3) is 0 Å². The number of Topliss-reactive ketones (excluding diaryl/α,β-unsaturated/α-hetero) is 2. The minimum atomic E-state index is -1.02. The Bertz CT molecular complexity index is 1180. The van der Waals surface area contributed by atoms with Gasteiger partial charge in [-0.2, -0.15) is 0 Å². The summed E-state index contributed by atoms with van der Waals surface area (Å²) in [5.41, 5.74) is 0.175. The zero-order chi connectivity index (χ0) is 27.0. The lowest BCUT2D eigenvalue weighted by atomic mass is 10.1. The smallest absolute Gasteiger partial charge is 0.412 e. The van der Waals surface area contributed by atoms with Crippen LogP contribution in [0.2, 0.25) is 0 Å². The standard InChI is InChI=1S/C16H21NO6.C9H7NO3/c1-6-22-14(19)13(18)12-10(8-7-9-11(12)21-5)17-15(20)23-16(2,3)4;1-13-6-4-2-3-5-7(6)8(11)9(12)10-5/h7-9H,6H2,1-5H3,(H,17,20);2-4H,1H3,(H,10,11,12). The van der Waals surface area contributed by atoms with Crippen LogP contribution in [-0.2, 0) is 19.1 Å². The van der Waals surface area contributed by atoms with Gasteiger partial charge in [-0.05, 0) is 52.0 Å². The molecule has 0 radical (unpaired) electrons. The average molecular weight is 501 g/mol. The van der Waals surface area contributed by atoms with Crippen molar-refractivity contribution in [2.45, 2.75) is 33.3 Å². The van der Waals surface area contributed by atoms with Gasteiger partial charge in [0, 0.05) is 0 Å². The van der Waals surface area contributed by atoms with Crippen LogP contribution < -0.4 is 20.1 Å². The van der Waals surface area contributed by atoms with E-state index in [4.69, 9.17) is 18.9 Å². The zero-order valence-electron chi connectivity index (χ0n) is 20.8. The number of nitrogens with one attached hydrogen (secondary N) is 2. The molecule has 11 heteroatoms. The molecular weight excluding hydrogens is 472 g/mol. The van der Waals surface area contributed by atoms with Gasteiger partial charge in [0.15, 0.2) is 0 Å². The number of anilines is 2. The first-order valence-electron chi connectivity index (χ1n) is 10.8. The molecule has 0 saturated heterocycles. The second kappa shape index (κ2) is 11.8. The SMILES string of the molecule is CCOC(=O)C(=O)c1c(NC(=O)OC(C)(C)C)cccc1OC.COc1cccc2c1C(=O)C(=O)N2. The molecule has 0 unspecified atom stereocenters. The summed E-state index contributed by atoms with van der Waals surface area (Å²) >= 11 is 0. The van der Waals surface area contributed by atoms with E-state index >= 15 is 0 Å². The van der Waals surface area contributed by atoms with E-state index < -0.39 is 35.1 Å². The summed E-state index contributed by atoms with van der Waals surface area (Å²) in [4.78, 5) is 58.1. The summed E-state index contributed by atoms with van der Waals surface area (Å²) < 4.78 is 19.9. The number of methoxy groups -OCH3 is 2. The van der Waals surface area contributed by atoms with Gasteiger partial charge in [0.2, 0.25) is 0 Å². The van der Waals surface area contributed by atoms with E-state index in [1.54, 1.807) is 52.0 Å². The minimum absolute atomic E-state index is 0.0640. The first kappa shape index (κ1) is 27.8. The van der Waals surface area contributed by atoms with Crippen LogP contribution >= 0.6 is 0 Å². The monoisotopic (exact) mass is 500 g/mol. The van der Waals surface area contributed by atoms with Gasteiger partial charge in [-0.1, -0.05) is 12.1 Å². The van der Waals surface area contributed by atoms with Gasteiger partial charge >= 0.3 is 12.1 Å². The highest BCUT2D eigenvalue weighted by atomic mass is 16.6. The number of ether oxygens (including phenoxy) is 4. The van der Waals surface area contributed by atoms with E-state index in [2.05, 4.69) is 10.6 Å². The number of benzene rings is 2. The normalized spacial score (nSPS) is 11.8. The number of fused-ring (bicyclic) bond motifs is 1. The average Bonchev–Trinajstić information content (AvgIpc) is 3.11. The Balaban J connectivity index is 0.000000293. The number of esters is 1. The van der Waals surface area contributed by atoms with Crippen LogP contribution in [-0.4, -0.2) is 56.0 Å². The van der Waals surface area contributed by atoms with Crippen LogP contribution in [0.5, 0.6) is 11.5 Å². The highest BCUT2D eigenvalue weighted by Gasteiger charge is 2.31. The van der Waals surface area contributed by atoms with Gasteiger partial charge in [0.25, 0.3) is 17.5 Å². The Morgan fingerprint density at radius 3 is 2.14 bits per heavy atom. The number of ketones is 2. The molecule has 192 valence electrons. The zero-order valence-corrected chi connectivity index (χ0v) is 20.8. The van der Waals surface area contributed by atoms with Crippen molar-refractivity contribution in [3.8, 4) is 11.5 Å². The Morgan fingerprint density at radius 1 is 0.944 bits per heavy atom. The third-order valence-corrected chi connectivity index (χ3v) is 4.50. The Morgan fingerprint density at radius 2 is 1.56 bits per heavy atom. The van der Waals surface area contributed by atoms with Gasteiger partial charge in [-0.25, -0.2) is 9.59 Å². The van der Waals surface area contributed by atoms with Crippen molar-refractivity contribution in [3.63, 3.8) is 0 Å². The molecule has 0 aromatic heterocycles. The van der Waals surface area contributed by atoms with Gasteiger partial charge in [-0.15, -0.1) is 0 Å². The summed E-state index contributed by atoms with van der Waals surface area (Å²) in [6.45, 7) is 6.79. The quantitative estimate of drug-likeness (QED) is 0.345. The summed E-state index contributed by atoms with van der Waals surface area (Å²) in [7, 11) is 2.82. The summed E-state index contributed by atoms with van der Waals surface area (Å²) in [5, 5.41) is 4.90. The number of hydrogen-bond donors (Lipinski definition) is 2. The van der Waals surface area contributed by atoms with Crippen LogP contribution in [0.4, 0.5) is 16.2 Å². The molecule has 2 aromatic carbocycles. The second-order valence-corrected chi connectivity index (χ2v) is 8.23. The first-order valence-corrected chi connectivity index (χ1v) is 10.8. The number of rotatable bonds is 6. The number of carbonyl (C=O) groups is 5. The van der Waals surface area contributed by atoms with Crippen molar-refractivity contribution in [3.05, 3.63) is 47.5 Å². The summed E-state index contributed by atoms with van der Waals surface area (Å²) in [6.07, 6.45) is -0.747.